The van der Waals surface area contributed by atoms with Crippen LogP contribution in [0.2, 0.25) is 5.02 Å². The number of hydrogen-bond donors (Lipinski definition) is 0. The van der Waals surface area contributed by atoms with Gasteiger partial charge in [0.2, 0.25) is 0 Å². The zero-order valence-electron chi connectivity index (χ0n) is 13.4. The topological polar surface area (TPSA) is 69.2 Å². The summed E-state index contributed by atoms with van der Waals surface area (Å²) in [7, 11) is -3.76. The molecule has 0 amide bonds. The Bertz CT molecular complexity index is 1150. The Morgan fingerprint density at radius 1 is 1.11 bits per heavy atom. The standard InChI is InChI=1S/C16H9ClF4N2O3S/c1-26-14-6-11(16(18,19)20)12(17)5-10(14)15-9-3-2-8(27(21,24)25)4-13(9)22-7-23-15/h2-7H,1H3. The summed E-state index contributed by atoms with van der Waals surface area (Å²) < 4.78 is 79.5. The lowest BCUT2D eigenvalue weighted by Crippen LogP contribution is -2.07. The second-order valence-electron chi connectivity index (χ2n) is 5.37. The Balaban J connectivity index is 2.28. The number of benzene rings is 2. The van der Waals surface area contributed by atoms with E-state index in [4.69, 9.17) is 16.3 Å². The van der Waals surface area contributed by atoms with Crippen molar-refractivity contribution >= 4 is 32.7 Å². The Morgan fingerprint density at radius 2 is 1.81 bits per heavy atom. The maximum absolute atomic E-state index is 13.2. The first-order valence-electron chi connectivity index (χ1n) is 7.17. The molecule has 0 atom stereocenters. The van der Waals surface area contributed by atoms with Gasteiger partial charge in [-0.05, 0) is 30.3 Å². The van der Waals surface area contributed by atoms with Gasteiger partial charge in [-0.1, -0.05) is 11.6 Å². The average molecular weight is 421 g/mol. The van der Waals surface area contributed by atoms with E-state index in [1.54, 1.807) is 0 Å². The number of nitrogens with zero attached hydrogens (tertiary/aromatic N) is 2. The van der Waals surface area contributed by atoms with Crippen LogP contribution in [0.5, 0.6) is 5.75 Å². The van der Waals surface area contributed by atoms with Gasteiger partial charge in [0.05, 0.1) is 28.9 Å². The van der Waals surface area contributed by atoms with E-state index in [2.05, 4.69) is 9.97 Å². The third-order valence-electron chi connectivity index (χ3n) is 3.74. The molecule has 0 aliphatic heterocycles. The third-order valence-corrected chi connectivity index (χ3v) is 4.87. The number of hydrogen-bond acceptors (Lipinski definition) is 5. The van der Waals surface area contributed by atoms with Gasteiger partial charge < -0.3 is 4.74 Å². The summed E-state index contributed by atoms with van der Waals surface area (Å²) >= 11 is 5.78. The lowest BCUT2D eigenvalue weighted by Gasteiger charge is -2.15. The predicted octanol–water partition coefficient (Wildman–Crippen LogP) is 4.64. The van der Waals surface area contributed by atoms with Crippen LogP contribution in [0.15, 0.2) is 41.6 Å². The summed E-state index contributed by atoms with van der Waals surface area (Å²) in [6.07, 6.45) is -3.61. The van der Waals surface area contributed by atoms with Gasteiger partial charge in [0.1, 0.15) is 17.0 Å². The van der Waals surface area contributed by atoms with Crippen LogP contribution in [-0.4, -0.2) is 25.5 Å². The van der Waals surface area contributed by atoms with Crippen molar-refractivity contribution in [1.29, 1.82) is 0 Å². The van der Waals surface area contributed by atoms with Crippen LogP contribution < -0.4 is 4.74 Å². The van der Waals surface area contributed by atoms with Crippen molar-refractivity contribution in [3.63, 3.8) is 0 Å². The molecule has 0 radical (unpaired) electrons. The van der Waals surface area contributed by atoms with Gasteiger partial charge in [0, 0.05) is 10.9 Å². The van der Waals surface area contributed by atoms with E-state index >= 15 is 0 Å². The molecular formula is C16H9ClF4N2O3S. The zero-order chi connectivity index (χ0) is 20.0. The molecule has 0 saturated carbocycles. The van der Waals surface area contributed by atoms with Gasteiger partial charge in [-0.15, -0.1) is 3.89 Å². The molecule has 0 bridgehead atoms. The molecule has 0 saturated heterocycles. The molecule has 0 unspecified atom stereocenters. The average Bonchev–Trinajstić information content (AvgIpc) is 2.58. The SMILES string of the molecule is COc1cc(C(F)(F)F)c(Cl)cc1-c1ncnc2cc(S(=O)(=O)F)ccc12. The normalized spacial score (nSPS) is 12.4. The van der Waals surface area contributed by atoms with E-state index in [0.717, 1.165) is 30.6 Å². The fourth-order valence-corrected chi connectivity index (χ4v) is 3.28. The molecule has 0 N–H and O–H groups in total. The minimum absolute atomic E-state index is 0.0804. The summed E-state index contributed by atoms with van der Waals surface area (Å²) in [6, 6.07) is 5.04. The molecule has 11 heteroatoms. The zero-order valence-corrected chi connectivity index (χ0v) is 15.0. The molecule has 0 aliphatic rings. The van der Waals surface area contributed by atoms with E-state index in [-0.39, 0.29) is 27.9 Å². The Hall–Kier alpha value is -2.46. The molecule has 5 nitrogen and oxygen atoms in total. The molecular weight excluding hydrogens is 412 g/mol. The molecule has 0 fully saturated rings. The van der Waals surface area contributed by atoms with Crippen molar-refractivity contribution in [1.82, 2.24) is 9.97 Å². The van der Waals surface area contributed by atoms with Crippen LogP contribution >= 0.6 is 11.6 Å². The second kappa shape index (κ2) is 6.61. The van der Waals surface area contributed by atoms with Crippen molar-refractivity contribution in [2.45, 2.75) is 11.1 Å². The first-order chi connectivity index (χ1) is 12.5. The number of aromatic nitrogens is 2. The highest BCUT2D eigenvalue weighted by molar-refractivity contribution is 7.86. The molecule has 0 aliphatic carbocycles. The molecule has 27 heavy (non-hydrogen) atoms. The third kappa shape index (κ3) is 3.67. The second-order valence-corrected chi connectivity index (χ2v) is 7.12. The van der Waals surface area contributed by atoms with Gasteiger partial charge in [-0.25, -0.2) is 9.97 Å². The van der Waals surface area contributed by atoms with Crippen LogP contribution in [0.25, 0.3) is 22.2 Å². The van der Waals surface area contributed by atoms with Crippen molar-refractivity contribution < 1.29 is 30.2 Å². The predicted molar refractivity (Wildman–Crippen MR) is 89.8 cm³/mol. The van der Waals surface area contributed by atoms with E-state index in [1.807, 2.05) is 0 Å². The molecule has 3 rings (SSSR count). The van der Waals surface area contributed by atoms with Crippen LogP contribution in [0.1, 0.15) is 5.56 Å². The fourth-order valence-electron chi connectivity index (χ4n) is 2.53. The number of rotatable bonds is 3. The van der Waals surface area contributed by atoms with Crippen molar-refractivity contribution in [3.8, 4) is 17.0 Å². The van der Waals surface area contributed by atoms with Gasteiger partial charge in [-0.2, -0.15) is 21.6 Å². The van der Waals surface area contributed by atoms with Crippen LogP contribution in [-0.2, 0) is 16.4 Å². The van der Waals surface area contributed by atoms with E-state index < -0.39 is 31.9 Å². The van der Waals surface area contributed by atoms with Crippen molar-refractivity contribution in [3.05, 3.63) is 47.2 Å². The first kappa shape index (κ1) is 19.3. The van der Waals surface area contributed by atoms with Crippen LogP contribution in [0.3, 0.4) is 0 Å². The van der Waals surface area contributed by atoms with Crippen LogP contribution in [0.4, 0.5) is 17.1 Å². The monoisotopic (exact) mass is 420 g/mol. The number of alkyl halides is 3. The maximum atomic E-state index is 13.2. The highest BCUT2D eigenvalue weighted by atomic mass is 35.5. The minimum Gasteiger partial charge on any atom is -0.496 e. The van der Waals surface area contributed by atoms with Crippen molar-refractivity contribution in [2.75, 3.05) is 7.11 Å². The Kier molecular flexibility index (Phi) is 4.73. The number of ether oxygens (including phenoxy) is 1. The smallest absolute Gasteiger partial charge is 0.417 e. The summed E-state index contributed by atoms with van der Waals surface area (Å²) in [5.41, 5.74) is -0.709. The number of fused-ring (bicyclic) bond motifs is 1. The molecule has 1 heterocycles. The summed E-state index contributed by atoms with van der Waals surface area (Å²) in [4.78, 5) is 7.32. The Labute approximate surface area is 155 Å². The van der Waals surface area contributed by atoms with Crippen molar-refractivity contribution in [2.24, 2.45) is 0 Å². The highest BCUT2D eigenvalue weighted by Crippen LogP contribution is 2.42. The molecule has 1 aromatic heterocycles. The lowest BCUT2D eigenvalue weighted by molar-refractivity contribution is -0.137. The molecule has 2 aromatic carbocycles. The lowest BCUT2D eigenvalue weighted by atomic mass is 10.0. The van der Waals surface area contributed by atoms with Gasteiger partial charge in [-0.3, -0.25) is 0 Å². The number of halogens is 5. The summed E-state index contributed by atoms with van der Waals surface area (Å²) in [5, 5.41) is -0.285. The molecule has 3 aromatic rings. The van der Waals surface area contributed by atoms with Gasteiger partial charge >= 0.3 is 16.4 Å². The first-order valence-corrected chi connectivity index (χ1v) is 8.93. The molecule has 0 spiro atoms. The van der Waals surface area contributed by atoms with Gasteiger partial charge in [0.15, 0.2) is 0 Å². The van der Waals surface area contributed by atoms with E-state index in [1.165, 1.54) is 13.2 Å². The molecule has 142 valence electrons. The van der Waals surface area contributed by atoms with E-state index in [9.17, 15) is 25.5 Å². The fraction of sp³-hybridized carbons (Fsp3) is 0.125. The Morgan fingerprint density at radius 3 is 2.41 bits per heavy atom. The maximum Gasteiger partial charge on any atom is 0.417 e. The highest BCUT2D eigenvalue weighted by Gasteiger charge is 2.34. The number of methoxy groups -OCH3 is 1. The van der Waals surface area contributed by atoms with E-state index in [0.29, 0.717) is 0 Å². The minimum atomic E-state index is -4.94. The summed E-state index contributed by atoms with van der Waals surface area (Å²) in [5.74, 6) is -0.145. The van der Waals surface area contributed by atoms with Crippen LogP contribution in [0, 0.1) is 0 Å². The largest absolute Gasteiger partial charge is 0.496 e. The quantitative estimate of drug-likeness (QED) is 0.456. The summed E-state index contributed by atoms with van der Waals surface area (Å²) in [6.45, 7) is 0. The van der Waals surface area contributed by atoms with Gasteiger partial charge in [0.25, 0.3) is 0 Å².